The van der Waals surface area contributed by atoms with Gasteiger partial charge in [0.25, 0.3) is 5.91 Å². The van der Waals surface area contributed by atoms with Crippen LogP contribution in [0.4, 0.5) is 13.2 Å². The number of likely N-dealkylation sites (tertiary alicyclic amines) is 1. The summed E-state index contributed by atoms with van der Waals surface area (Å²) in [5.74, 6) is 0.590. The van der Waals surface area contributed by atoms with Crippen molar-refractivity contribution in [2.45, 2.75) is 32.7 Å². The largest absolute Gasteiger partial charge is 0.497 e. The second-order valence-corrected chi connectivity index (χ2v) is 8.73. The third kappa shape index (κ3) is 4.91. The van der Waals surface area contributed by atoms with Gasteiger partial charge in [0, 0.05) is 17.5 Å². The average molecular weight is 486 g/mol. The summed E-state index contributed by atoms with van der Waals surface area (Å²) in [5, 5.41) is 17.0. The zero-order chi connectivity index (χ0) is 25.4. The van der Waals surface area contributed by atoms with E-state index < -0.39 is 34.7 Å². The van der Waals surface area contributed by atoms with Crippen molar-refractivity contribution in [3.05, 3.63) is 59.5 Å². The predicted molar refractivity (Wildman–Crippen MR) is 116 cm³/mol. The van der Waals surface area contributed by atoms with E-state index >= 15 is 0 Å². The Morgan fingerprint density at radius 3 is 2.49 bits per heavy atom. The van der Waals surface area contributed by atoms with Crippen LogP contribution in [0, 0.1) is 16.7 Å². The van der Waals surface area contributed by atoms with Crippen LogP contribution < -0.4 is 9.47 Å². The predicted octanol–water partition coefficient (Wildman–Crippen LogP) is 4.45. The molecule has 35 heavy (non-hydrogen) atoms. The highest BCUT2D eigenvalue weighted by Gasteiger charge is 2.48. The van der Waals surface area contributed by atoms with Crippen LogP contribution in [0.5, 0.6) is 11.5 Å². The molecule has 1 aliphatic heterocycles. The Kier molecular flexibility index (Phi) is 6.15. The molecule has 1 aliphatic rings. The third-order valence-electron chi connectivity index (χ3n) is 5.64. The SMILES string of the molecule is COc1ccc(-c2nnc(CN3CC(C)(C)C(Oc4ccc(C#N)c(C(F)(F)F)c4)C3=O)o2)cc1. The fourth-order valence-corrected chi connectivity index (χ4v) is 3.89. The van der Waals surface area contributed by atoms with E-state index in [-0.39, 0.29) is 30.6 Å². The fourth-order valence-electron chi connectivity index (χ4n) is 3.89. The van der Waals surface area contributed by atoms with E-state index in [9.17, 15) is 18.0 Å². The van der Waals surface area contributed by atoms with Crippen LogP contribution in [-0.4, -0.2) is 40.8 Å². The van der Waals surface area contributed by atoms with E-state index in [0.717, 1.165) is 12.1 Å². The molecule has 4 rings (SSSR count). The van der Waals surface area contributed by atoms with Crippen LogP contribution in [0.15, 0.2) is 46.9 Å². The molecule has 0 bridgehead atoms. The number of alkyl halides is 3. The van der Waals surface area contributed by atoms with E-state index in [4.69, 9.17) is 19.2 Å². The molecule has 1 unspecified atom stereocenters. The Morgan fingerprint density at radius 2 is 1.86 bits per heavy atom. The van der Waals surface area contributed by atoms with Gasteiger partial charge < -0.3 is 18.8 Å². The van der Waals surface area contributed by atoms with Crippen LogP contribution in [0.3, 0.4) is 0 Å². The minimum Gasteiger partial charge on any atom is -0.497 e. The summed E-state index contributed by atoms with van der Waals surface area (Å²) >= 11 is 0. The second-order valence-electron chi connectivity index (χ2n) is 8.73. The highest BCUT2D eigenvalue weighted by molar-refractivity contribution is 5.84. The third-order valence-corrected chi connectivity index (χ3v) is 5.64. The van der Waals surface area contributed by atoms with Gasteiger partial charge in [-0.1, -0.05) is 13.8 Å². The molecular weight excluding hydrogens is 465 g/mol. The maximum atomic E-state index is 13.3. The molecular formula is C24H21F3N4O4. The molecule has 2 aromatic carbocycles. The number of hydrogen-bond acceptors (Lipinski definition) is 7. The molecule has 2 heterocycles. The van der Waals surface area contributed by atoms with Crippen molar-refractivity contribution in [2.75, 3.05) is 13.7 Å². The van der Waals surface area contributed by atoms with E-state index in [1.165, 1.54) is 17.0 Å². The zero-order valence-corrected chi connectivity index (χ0v) is 19.1. The average Bonchev–Trinajstić information content (AvgIpc) is 3.36. The van der Waals surface area contributed by atoms with Crippen molar-refractivity contribution < 1.29 is 31.9 Å². The minimum absolute atomic E-state index is 0.0203. The van der Waals surface area contributed by atoms with Gasteiger partial charge in [0.05, 0.1) is 30.9 Å². The standard InChI is InChI=1S/C24H21F3N4O4/c1-23(2)13-31(12-19-29-30-21(35-19)14-4-7-16(33-3)8-5-14)22(32)20(23)34-17-9-6-15(11-28)18(10-17)24(25,26)27/h4-10,20H,12-13H2,1-3H3. The maximum absolute atomic E-state index is 13.3. The van der Waals surface area contributed by atoms with Crippen molar-refractivity contribution in [2.24, 2.45) is 5.41 Å². The number of aromatic nitrogens is 2. The highest BCUT2D eigenvalue weighted by atomic mass is 19.4. The summed E-state index contributed by atoms with van der Waals surface area (Å²) < 4.78 is 56.5. The lowest BCUT2D eigenvalue weighted by Crippen LogP contribution is -2.36. The number of rotatable bonds is 6. The van der Waals surface area contributed by atoms with Crippen molar-refractivity contribution in [1.82, 2.24) is 15.1 Å². The Hall–Kier alpha value is -4.07. The minimum atomic E-state index is -4.73. The van der Waals surface area contributed by atoms with Gasteiger partial charge in [0.2, 0.25) is 11.8 Å². The molecule has 1 saturated heterocycles. The van der Waals surface area contributed by atoms with Crippen molar-refractivity contribution in [3.63, 3.8) is 0 Å². The van der Waals surface area contributed by atoms with Crippen LogP contribution in [0.1, 0.15) is 30.9 Å². The number of nitrogens with zero attached hydrogens (tertiary/aromatic N) is 4. The van der Waals surface area contributed by atoms with Gasteiger partial charge in [-0.2, -0.15) is 18.4 Å². The number of amides is 1. The number of hydrogen-bond donors (Lipinski definition) is 0. The van der Waals surface area contributed by atoms with Crippen LogP contribution in [0.25, 0.3) is 11.5 Å². The van der Waals surface area contributed by atoms with Crippen molar-refractivity contribution in [1.29, 1.82) is 5.26 Å². The van der Waals surface area contributed by atoms with Crippen molar-refractivity contribution in [3.8, 4) is 29.0 Å². The molecule has 1 fully saturated rings. The van der Waals surface area contributed by atoms with E-state index in [0.29, 0.717) is 11.3 Å². The quantitative estimate of drug-likeness (QED) is 0.507. The van der Waals surface area contributed by atoms with Gasteiger partial charge in [-0.25, -0.2) is 0 Å². The molecule has 1 aromatic heterocycles. The summed E-state index contributed by atoms with van der Waals surface area (Å²) in [6.07, 6.45) is -5.77. The smallest absolute Gasteiger partial charge is 0.417 e. The van der Waals surface area contributed by atoms with Gasteiger partial charge in [-0.3, -0.25) is 4.79 Å². The maximum Gasteiger partial charge on any atom is 0.417 e. The Bertz CT molecular complexity index is 1280. The van der Waals surface area contributed by atoms with E-state index in [1.54, 1.807) is 45.2 Å². The number of halogens is 3. The molecule has 1 atom stereocenters. The molecule has 0 aliphatic carbocycles. The van der Waals surface area contributed by atoms with Crippen LogP contribution >= 0.6 is 0 Å². The monoisotopic (exact) mass is 486 g/mol. The lowest BCUT2D eigenvalue weighted by molar-refractivity contribution is -0.138. The molecule has 0 radical (unpaired) electrons. The first-order valence-corrected chi connectivity index (χ1v) is 10.6. The molecule has 3 aromatic rings. The van der Waals surface area contributed by atoms with Gasteiger partial charge >= 0.3 is 6.18 Å². The first-order valence-electron chi connectivity index (χ1n) is 10.6. The summed E-state index contributed by atoms with van der Waals surface area (Å²) in [7, 11) is 1.56. The molecule has 11 heteroatoms. The normalized spacial score (nSPS) is 17.3. The topological polar surface area (TPSA) is 101 Å². The lowest BCUT2D eigenvalue weighted by atomic mass is 9.89. The van der Waals surface area contributed by atoms with Gasteiger partial charge in [-0.05, 0) is 42.5 Å². The molecule has 0 N–H and O–H groups in total. The number of carbonyl (C=O) groups is 1. The number of ether oxygens (including phenoxy) is 2. The zero-order valence-electron chi connectivity index (χ0n) is 19.1. The summed E-state index contributed by atoms with van der Waals surface area (Å²) in [4.78, 5) is 14.6. The summed E-state index contributed by atoms with van der Waals surface area (Å²) in [6.45, 7) is 3.84. The van der Waals surface area contributed by atoms with Crippen LogP contribution in [-0.2, 0) is 17.5 Å². The van der Waals surface area contributed by atoms with Crippen molar-refractivity contribution >= 4 is 5.91 Å². The van der Waals surface area contributed by atoms with Gasteiger partial charge in [-0.15, -0.1) is 10.2 Å². The lowest BCUT2D eigenvalue weighted by Gasteiger charge is -2.24. The molecule has 0 saturated carbocycles. The first-order chi connectivity index (χ1) is 16.5. The van der Waals surface area contributed by atoms with Gasteiger partial charge in [0.1, 0.15) is 11.5 Å². The Morgan fingerprint density at radius 1 is 1.17 bits per heavy atom. The number of benzene rings is 2. The Labute approximate surface area is 198 Å². The van der Waals surface area contributed by atoms with E-state index in [1.807, 2.05) is 0 Å². The molecule has 1 amide bonds. The number of methoxy groups -OCH3 is 1. The molecule has 8 nitrogen and oxygen atoms in total. The number of carbonyl (C=O) groups excluding carboxylic acids is 1. The first kappa shape index (κ1) is 24.1. The highest BCUT2D eigenvalue weighted by Crippen LogP contribution is 2.38. The molecule has 182 valence electrons. The van der Waals surface area contributed by atoms with Crippen LogP contribution in [0.2, 0.25) is 0 Å². The van der Waals surface area contributed by atoms with Gasteiger partial charge in [0.15, 0.2) is 6.10 Å². The summed E-state index contributed by atoms with van der Waals surface area (Å²) in [5.41, 5.74) is -1.68. The second kappa shape index (κ2) is 8.94. The molecule has 0 spiro atoms. The summed E-state index contributed by atoms with van der Waals surface area (Å²) in [6, 6.07) is 11.6. The van der Waals surface area contributed by atoms with E-state index in [2.05, 4.69) is 10.2 Å². The Balaban J connectivity index is 1.50. The fraction of sp³-hybridized carbons (Fsp3) is 0.333. The number of nitriles is 1.